The molecule has 0 spiro atoms. The van der Waals surface area contributed by atoms with Crippen LogP contribution in [0.5, 0.6) is 0 Å². The molecule has 0 fully saturated rings. The smallest absolute Gasteiger partial charge is 0.165 e. The minimum absolute atomic E-state index is 0.0680. The number of aromatic nitrogens is 3. The van der Waals surface area contributed by atoms with Crippen LogP contribution in [0.25, 0.3) is 0 Å². The van der Waals surface area contributed by atoms with Gasteiger partial charge in [0.05, 0.1) is 11.9 Å². The van der Waals surface area contributed by atoms with Crippen LogP contribution < -0.4 is 0 Å². The van der Waals surface area contributed by atoms with Crippen LogP contribution in [0.3, 0.4) is 0 Å². The molecule has 2 aromatic carbocycles. The molecule has 1 heterocycles. The van der Waals surface area contributed by atoms with E-state index in [1.807, 2.05) is 0 Å². The summed E-state index contributed by atoms with van der Waals surface area (Å²) in [7, 11) is 1.00. The summed E-state index contributed by atoms with van der Waals surface area (Å²) in [4.78, 5) is 0. The summed E-state index contributed by atoms with van der Waals surface area (Å²) in [6.07, 6.45) is 1.19. The Bertz CT molecular complexity index is 1040. The number of hydrogen-bond donors (Lipinski definition) is 1. The SMILES string of the molecule is COC(c1cc(F)c(C)c(F)c1F)(c1cc(F)c(C)c(F)c1F)C(C)c1cn[nH]n1. The van der Waals surface area contributed by atoms with E-state index in [1.54, 1.807) is 0 Å². The van der Waals surface area contributed by atoms with Crippen molar-refractivity contribution < 1.29 is 31.1 Å². The highest BCUT2D eigenvalue weighted by molar-refractivity contribution is 5.45. The first-order valence-corrected chi connectivity index (χ1v) is 8.77. The number of rotatable bonds is 5. The second kappa shape index (κ2) is 7.75. The largest absolute Gasteiger partial charge is 0.368 e. The first-order valence-electron chi connectivity index (χ1n) is 8.77. The zero-order chi connectivity index (χ0) is 22.4. The van der Waals surface area contributed by atoms with Crippen molar-refractivity contribution in [2.45, 2.75) is 32.3 Å². The van der Waals surface area contributed by atoms with Gasteiger partial charge in [-0.15, -0.1) is 0 Å². The minimum Gasteiger partial charge on any atom is -0.368 e. The monoisotopic (exact) mass is 429 g/mol. The molecule has 0 amide bonds. The molecule has 0 saturated heterocycles. The van der Waals surface area contributed by atoms with Gasteiger partial charge in [-0.2, -0.15) is 15.4 Å². The summed E-state index contributed by atoms with van der Waals surface area (Å²) in [5, 5.41) is 9.74. The maximum atomic E-state index is 15.0. The Balaban J connectivity index is 2.49. The molecule has 1 unspecified atom stereocenters. The molecule has 1 aromatic heterocycles. The predicted molar refractivity (Wildman–Crippen MR) is 94.7 cm³/mol. The fourth-order valence-corrected chi connectivity index (χ4v) is 3.55. The van der Waals surface area contributed by atoms with E-state index in [1.165, 1.54) is 13.1 Å². The minimum atomic E-state index is -2.39. The molecule has 0 aliphatic carbocycles. The van der Waals surface area contributed by atoms with Crippen molar-refractivity contribution in [2.75, 3.05) is 7.11 Å². The third-order valence-electron chi connectivity index (χ3n) is 5.38. The van der Waals surface area contributed by atoms with Crippen LogP contribution in [-0.4, -0.2) is 22.5 Å². The molecule has 0 saturated carbocycles. The van der Waals surface area contributed by atoms with Crippen molar-refractivity contribution in [1.82, 2.24) is 15.4 Å². The number of aromatic amines is 1. The lowest BCUT2D eigenvalue weighted by molar-refractivity contribution is -0.00634. The van der Waals surface area contributed by atoms with Crippen LogP contribution in [0.4, 0.5) is 26.3 Å². The molecule has 1 atom stereocenters. The Morgan fingerprint density at radius 2 is 1.33 bits per heavy atom. The summed E-state index contributed by atoms with van der Waals surface area (Å²) in [6.45, 7) is 3.39. The zero-order valence-corrected chi connectivity index (χ0v) is 16.4. The molecule has 10 heteroatoms. The average molecular weight is 429 g/mol. The number of halogens is 6. The lowest BCUT2D eigenvalue weighted by atomic mass is 9.74. The molecule has 3 aromatic rings. The van der Waals surface area contributed by atoms with Gasteiger partial charge in [-0.3, -0.25) is 0 Å². The fraction of sp³-hybridized carbons (Fsp3) is 0.300. The van der Waals surface area contributed by atoms with Crippen LogP contribution in [-0.2, 0) is 10.3 Å². The molecule has 0 aliphatic heterocycles. The van der Waals surface area contributed by atoms with Gasteiger partial charge in [-0.1, -0.05) is 6.92 Å². The van der Waals surface area contributed by atoms with Gasteiger partial charge in [0.2, 0.25) is 0 Å². The Morgan fingerprint density at radius 1 is 0.867 bits per heavy atom. The third-order valence-corrected chi connectivity index (χ3v) is 5.38. The first-order chi connectivity index (χ1) is 14.1. The van der Waals surface area contributed by atoms with E-state index in [4.69, 9.17) is 4.74 Å². The van der Waals surface area contributed by atoms with Crippen molar-refractivity contribution in [3.8, 4) is 0 Å². The maximum Gasteiger partial charge on any atom is 0.165 e. The summed E-state index contributed by atoms with van der Waals surface area (Å²) < 4.78 is 93.1. The molecule has 4 nitrogen and oxygen atoms in total. The molecule has 0 bridgehead atoms. The number of nitrogens with zero attached hydrogens (tertiary/aromatic N) is 2. The van der Waals surface area contributed by atoms with Gasteiger partial charge < -0.3 is 4.74 Å². The number of H-pyrrole nitrogens is 1. The lowest BCUT2D eigenvalue weighted by Crippen LogP contribution is -2.39. The normalized spacial score (nSPS) is 13.0. The quantitative estimate of drug-likeness (QED) is 0.461. The number of benzene rings is 2. The van der Waals surface area contributed by atoms with Gasteiger partial charge >= 0.3 is 0 Å². The van der Waals surface area contributed by atoms with Crippen LogP contribution in [0.1, 0.15) is 40.8 Å². The van der Waals surface area contributed by atoms with Crippen molar-refractivity contribution in [2.24, 2.45) is 0 Å². The number of methoxy groups -OCH3 is 1. The highest BCUT2D eigenvalue weighted by Crippen LogP contribution is 2.48. The van der Waals surface area contributed by atoms with Gasteiger partial charge in [-0.05, 0) is 26.0 Å². The lowest BCUT2D eigenvalue weighted by Gasteiger charge is -2.39. The molecular formula is C20H17F6N3O. The molecule has 30 heavy (non-hydrogen) atoms. The van der Waals surface area contributed by atoms with E-state index in [0.717, 1.165) is 21.0 Å². The third kappa shape index (κ3) is 3.06. The topological polar surface area (TPSA) is 50.8 Å². The maximum absolute atomic E-state index is 15.0. The summed E-state index contributed by atoms with van der Waals surface area (Å²) in [5.74, 6) is -9.65. The Kier molecular flexibility index (Phi) is 5.64. The van der Waals surface area contributed by atoms with E-state index in [0.29, 0.717) is 12.1 Å². The second-order valence-electron chi connectivity index (χ2n) is 6.87. The Labute approximate surface area is 167 Å². The van der Waals surface area contributed by atoms with Gasteiger partial charge in [0, 0.05) is 35.3 Å². The van der Waals surface area contributed by atoms with E-state index in [-0.39, 0.29) is 5.69 Å². The summed E-state index contributed by atoms with van der Waals surface area (Å²) in [5.41, 5.74) is -5.13. The second-order valence-corrected chi connectivity index (χ2v) is 6.87. The number of hydrogen-bond acceptors (Lipinski definition) is 3. The van der Waals surface area contributed by atoms with Crippen molar-refractivity contribution >= 4 is 0 Å². The fourth-order valence-electron chi connectivity index (χ4n) is 3.55. The molecule has 3 rings (SSSR count). The van der Waals surface area contributed by atoms with Gasteiger partial charge in [-0.25, -0.2) is 26.3 Å². The average Bonchev–Trinajstić information content (AvgIpc) is 3.27. The molecule has 1 N–H and O–H groups in total. The van der Waals surface area contributed by atoms with Crippen LogP contribution in [0.15, 0.2) is 18.3 Å². The van der Waals surface area contributed by atoms with Crippen molar-refractivity contribution in [1.29, 1.82) is 0 Å². The summed E-state index contributed by atoms with van der Waals surface area (Å²) >= 11 is 0. The van der Waals surface area contributed by atoms with Gasteiger partial charge in [0.25, 0.3) is 0 Å². The highest BCUT2D eigenvalue weighted by Gasteiger charge is 2.48. The van der Waals surface area contributed by atoms with E-state index >= 15 is 8.78 Å². The van der Waals surface area contributed by atoms with E-state index in [2.05, 4.69) is 15.4 Å². The molecule has 0 aliphatic rings. The van der Waals surface area contributed by atoms with Crippen molar-refractivity contribution in [3.63, 3.8) is 0 Å². The van der Waals surface area contributed by atoms with Crippen LogP contribution >= 0.6 is 0 Å². The Hall–Kier alpha value is -2.88. The van der Waals surface area contributed by atoms with Crippen molar-refractivity contribution in [3.05, 3.63) is 81.2 Å². The highest BCUT2D eigenvalue weighted by atomic mass is 19.2. The number of nitrogens with one attached hydrogen (secondary N) is 1. The molecule has 160 valence electrons. The van der Waals surface area contributed by atoms with E-state index in [9.17, 15) is 17.6 Å². The van der Waals surface area contributed by atoms with Gasteiger partial charge in [0.15, 0.2) is 23.3 Å². The number of ether oxygens (including phenoxy) is 1. The predicted octanol–water partition coefficient (Wildman–Crippen LogP) is 4.95. The zero-order valence-electron chi connectivity index (χ0n) is 16.4. The Morgan fingerprint density at radius 3 is 1.70 bits per heavy atom. The summed E-state index contributed by atoms with van der Waals surface area (Å²) in [6, 6.07) is 1.23. The molecule has 0 radical (unpaired) electrons. The van der Waals surface area contributed by atoms with Gasteiger partial charge in [0.1, 0.15) is 17.2 Å². The molecular weight excluding hydrogens is 412 g/mol. The van der Waals surface area contributed by atoms with Crippen LogP contribution in [0.2, 0.25) is 0 Å². The van der Waals surface area contributed by atoms with E-state index < -0.39 is 68.7 Å². The first kappa shape index (κ1) is 21.8. The standard InChI is InChI=1S/C20H17F6N3O/c1-8-13(21)5-11(18(25)16(8)23)20(30-4,10(3)15-7-27-29-28-15)12-6-14(22)9(2)17(24)19(12)26/h5-7,10H,1-4H3,(H,27,28,29). The van der Waals surface area contributed by atoms with Crippen LogP contribution in [0, 0.1) is 48.8 Å².